The van der Waals surface area contributed by atoms with Gasteiger partial charge in [0.15, 0.2) is 0 Å². The zero-order valence-corrected chi connectivity index (χ0v) is 8.77. The molecule has 0 saturated carbocycles. The molecule has 0 aliphatic carbocycles. The molecule has 16 heavy (non-hydrogen) atoms. The van der Waals surface area contributed by atoms with Gasteiger partial charge in [0, 0.05) is 11.4 Å². The molecule has 0 heterocycles. The van der Waals surface area contributed by atoms with Crippen molar-refractivity contribution in [2.45, 2.75) is 0 Å². The van der Waals surface area contributed by atoms with Crippen molar-refractivity contribution < 1.29 is 0 Å². The summed E-state index contributed by atoms with van der Waals surface area (Å²) < 4.78 is 0. The third-order valence-electron chi connectivity index (χ3n) is 2.33. The van der Waals surface area contributed by atoms with E-state index in [9.17, 15) is 0 Å². The van der Waals surface area contributed by atoms with Crippen LogP contribution in [0.15, 0.2) is 42.5 Å². The third kappa shape index (κ3) is 2.00. The van der Waals surface area contributed by atoms with Crippen molar-refractivity contribution >= 4 is 28.4 Å². The molecule has 0 atom stereocenters. The van der Waals surface area contributed by atoms with Crippen molar-refractivity contribution in [3.8, 4) is 0 Å². The zero-order valence-electron chi connectivity index (χ0n) is 8.77. The first-order chi connectivity index (χ1) is 7.66. The third-order valence-corrected chi connectivity index (χ3v) is 2.33. The van der Waals surface area contributed by atoms with Crippen LogP contribution in [0.5, 0.6) is 0 Å². The molecule has 0 radical (unpaired) electrons. The van der Waals surface area contributed by atoms with Crippen LogP contribution >= 0.6 is 0 Å². The molecule has 0 saturated heterocycles. The van der Waals surface area contributed by atoms with Gasteiger partial charge in [-0.05, 0) is 36.4 Å². The molecular weight excluding hydrogens is 200 g/mol. The lowest BCUT2D eigenvalue weighted by Gasteiger charge is -2.10. The summed E-state index contributed by atoms with van der Waals surface area (Å²) in [5.74, 6) is 0. The van der Waals surface area contributed by atoms with E-state index in [2.05, 4.69) is 5.32 Å². The Bertz CT molecular complexity index is 491. The fourth-order valence-electron chi connectivity index (χ4n) is 1.41. The van der Waals surface area contributed by atoms with Crippen LogP contribution in [-0.4, -0.2) is 0 Å². The molecule has 0 spiro atoms. The van der Waals surface area contributed by atoms with Crippen LogP contribution < -0.4 is 22.5 Å². The van der Waals surface area contributed by atoms with Crippen LogP contribution in [0.4, 0.5) is 28.4 Å². The SMILES string of the molecule is Nc1ccc(Nc2cccc(N)c2N)cc1. The van der Waals surface area contributed by atoms with Crippen LogP contribution in [0.25, 0.3) is 0 Å². The van der Waals surface area contributed by atoms with E-state index in [1.807, 2.05) is 36.4 Å². The molecule has 82 valence electrons. The van der Waals surface area contributed by atoms with Gasteiger partial charge in [-0.25, -0.2) is 0 Å². The molecule has 0 fully saturated rings. The smallest absolute Gasteiger partial charge is 0.0786 e. The summed E-state index contributed by atoms with van der Waals surface area (Å²) in [6.07, 6.45) is 0. The number of hydrogen-bond acceptors (Lipinski definition) is 4. The van der Waals surface area contributed by atoms with Crippen molar-refractivity contribution in [2.75, 3.05) is 22.5 Å². The Hall–Kier alpha value is -2.36. The highest BCUT2D eigenvalue weighted by molar-refractivity contribution is 5.81. The van der Waals surface area contributed by atoms with Crippen molar-refractivity contribution in [1.29, 1.82) is 0 Å². The summed E-state index contributed by atoms with van der Waals surface area (Å²) in [5.41, 5.74) is 20.7. The molecule has 4 nitrogen and oxygen atoms in total. The Labute approximate surface area is 94.1 Å². The summed E-state index contributed by atoms with van der Waals surface area (Å²) in [5, 5.41) is 3.18. The summed E-state index contributed by atoms with van der Waals surface area (Å²) in [4.78, 5) is 0. The van der Waals surface area contributed by atoms with Crippen LogP contribution in [0.2, 0.25) is 0 Å². The molecule has 2 aromatic carbocycles. The lowest BCUT2D eigenvalue weighted by Crippen LogP contribution is -2.00. The number of nitrogens with one attached hydrogen (secondary N) is 1. The zero-order chi connectivity index (χ0) is 11.5. The molecule has 0 aliphatic heterocycles. The molecule has 2 aromatic rings. The van der Waals surface area contributed by atoms with Crippen LogP contribution in [0, 0.1) is 0 Å². The van der Waals surface area contributed by atoms with Gasteiger partial charge in [0.05, 0.1) is 17.1 Å². The monoisotopic (exact) mass is 214 g/mol. The van der Waals surface area contributed by atoms with E-state index in [-0.39, 0.29) is 0 Å². The second-order valence-corrected chi connectivity index (χ2v) is 3.56. The summed E-state index contributed by atoms with van der Waals surface area (Å²) in [6.45, 7) is 0. The molecule has 0 aromatic heterocycles. The standard InChI is InChI=1S/C12H14N4/c13-8-4-6-9(7-5-8)16-11-3-1-2-10(14)12(11)15/h1-7,16H,13-15H2. The van der Waals surface area contributed by atoms with E-state index in [1.54, 1.807) is 6.07 Å². The number of nitrogen functional groups attached to an aromatic ring is 3. The summed E-state index contributed by atoms with van der Waals surface area (Å²) >= 11 is 0. The van der Waals surface area contributed by atoms with E-state index >= 15 is 0 Å². The van der Waals surface area contributed by atoms with Crippen LogP contribution in [0.1, 0.15) is 0 Å². The first kappa shape index (κ1) is 10.2. The van der Waals surface area contributed by atoms with E-state index in [4.69, 9.17) is 17.2 Å². The Morgan fingerprint density at radius 2 is 1.50 bits per heavy atom. The number of nitrogens with two attached hydrogens (primary N) is 3. The molecule has 0 bridgehead atoms. The van der Waals surface area contributed by atoms with Gasteiger partial charge in [-0.3, -0.25) is 0 Å². The predicted octanol–water partition coefficient (Wildman–Crippen LogP) is 2.18. The summed E-state index contributed by atoms with van der Waals surface area (Å²) in [7, 11) is 0. The molecule has 2 rings (SSSR count). The maximum atomic E-state index is 5.85. The minimum absolute atomic E-state index is 0.555. The first-order valence-corrected chi connectivity index (χ1v) is 4.93. The minimum atomic E-state index is 0.555. The number of para-hydroxylation sites is 1. The van der Waals surface area contributed by atoms with Gasteiger partial charge in [-0.1, -0.05) is 6.07 Å². The molecular formula is C12H14N4. The van der Waals surface area contributed by atoms with Crippen molar-refractivity contribution in [3.05, 3.63) is 42.5 Å². The molecule has 4 heteroatoms. The van der Waals surface area contributed by atoms with Crippen LogP contribution in [0.3, 0.4) is 0 Å². The van der Waals surface area contributed by atoms with Gasteiger partial charge in [-0.15, -0.1) is 0 Å². The fourth-order valence-corrected chi connectivity index (χ4v) is 1.41. The number of rotatable bonds is 2. The molecule has 0 aliphatic rings. The lowest BCUT2D eigenvalue weighted by atomic mass is 10.2. The first-order valence-electron chi connectivity index (χ1n) is 4.93. The average Bonchev–Trinajstić information content (AvgIpc) is 2.28. The van der Waals surface area contributed by atoms with Gasteiger partial charge in [0.1, 0.15) is 0 Å². The van der Waals surface area contributed by atoms with E-state index in [0.717, 1.165) is 17.1 Å². The van der Waals surface area contributed by atoms with E-state index < -0.39 is 0 Å². The number of hydrogen-bond donors (Lipinski definition) is 4. The Morgan fingerprint density at radius 3 is 2.19 bits per heavy atom. The maximum absolute atomic E-state index is 5.85. The molecule has 7 N–H and O–H groups in total. The average molecular weight is 214 g/mol. The Balaban J connectivity index is 2.27. The maximum Gasteiger partial charge on any atom is 0.0786 e. The molecule has 0 unspecified atom stereocenters. The Morgan fingerprint density at radius 1 is 0.812 bits per heavy atom. The molecule has 0 amide bonds. The van der Waals surface area contributed by atoms with Gasteiger partial charge >= 0.3 is 0 Å². The second-order valence-electron chi connectivity index (χ2n) is 3.56. The highest BCUT2D eigenvalue weighted by Crippen LogP contribution is 2.27. The van der Waals surface area contributed by atoms with Gasteiger partial charge in [0.2, 0.25) is 0 Å². The van der Waals surface area contributed by atoms with Crippen molar-refractivity contribution in [1.82, 2.24) is 0 Å². The van der Waals surface area contributed by atoms with Crippen molar-refractivity contribution in [2.24, 2.45) is 0 Å². The predicted molar refractivity (Wildman–Crippen MR) is 69.4 cm³/mol. The largest absolute Gasteiger partial charge is 0.399 e. The highest BCUT2D eigenvalue weighted by atomic mass is 14.9. The highest BCUT2D eigenvalue weighted by Gasteiger charge is 2.01. The van der Waals surface area contributed by atoms with Crippen LogP contribution in [-0.2, 0) is 0 Å². The van der Waals surface area contributed by atoms with Gasteiger partial charge in [-0.2, -0.15) is 0 Å². The topological polar surface area (TPSA) is 90.1 Å². The van der Waals surface area contributed by atoms with Gasteiger partial charge in [0.25, 0.3) is 0 Å². The quantitative estimate of drug-likeness (QED) is 0.577. The van der Waals surface area contributed by atoms with Gasteiger partial charge < -0.3 is 22.5 Å². The summed E-state index contributed by atoms with van der Waals surface area (Å²) in [6, 6.07) is 12.9. The Kier molecular flexibility index (Phi) is 2.55. The lowest BCUT2D eigenvalue weighted by molar-refractivity contribution is 1.54. The van der Waals surface area contributed by atoms with E-state index in [0.29, 0.717) is 11.4 Å². The number of anilines is 5. The number of benzene rings is 2. The van der Waals surface area contributed by atoms with Crippen molar-refractivity contribution in [3.63, 3.8) is 0 Å². The fraction of sp³-hybridized carbons (Fsp3) is 0. The normalized spacial score (nSPS) is 10.0. The second kappa shape index (κ2) is 4.02. The van der Waals surface area contributed by atoms with E-state index in [1.165, 1.54) is 0 Å². The minimum Gasteiger partial charge on any atom is -0.399 e.